The highest BCUT2D eigenvalue weighted by molar-refractivity contribution is 6.31. The summed E-state index contributed by atoms with van der Waals surface area (Å²) >= 11 is 11.4. The molecule has 1 N–H and O–H groups in total. The van der Waals surface area contributed by atoms with Crippen LogP contribution in [0.2, 0.25) is 5.02 Å². The molecule has 0 heterocycles. The van der Waals surface area contributed by atoms with Crippen molar-refractivity contribution in [2.24, 2.45) is 5.41 Å². The Labute approximate surface area is 121 Å². The number of benzene rings is 1. The van der Waals surface area contributed by atoms with Gasteiger partial charge in [-0.2, -0.15) is 0 Å². The maximum Gasteiger partial charge on any atom is 0.283 e. The smallest absolute Gasteiger partial charge is 0.283 e. The number of nitro groups is 1. The van der Waals surface area contributed by atoms with Gasteiger partial charge in [-0.1, -0.05) is 25.4 Å². The Morgan fingerprint density at radius 3 is 2.63 bits per heavy atom. The van der Waals surface area contributed by atoms with E-state index in [0.717, 1.165) is 6.07 Å². The summed E-state index contributed by atoms with van der Waals surface area (Å²) in [6, 6.07) is 3.93. The minimum absolute atomic E-state index is 0.0141. The number of nitrogens with one attached hydrogen (secondary N) is 1. The lowest BCUT2D eigenvalue weighted by Gasteiger charge is -2.21. The van der Waals surface area contributed by atoms with Crippen molar-refractivity contribution in [3.63, 3.8) is 0 Å². The number of hydrogen-bond acceptors (Lipinski definition) is 3. The highest BCUT2D eigenvalue weighted by atomic mass is 35.5. The summed E-state index contributed by atoms with van der Waals surface area (Å²) in [6.45, 7) is 4.10. The highest BCUT2D eigenvalue weighted by Crippen LogP contribution is 2.23. The van der Waals surface area contributed by atoms with Gasteiger partial charge in [-0.05, 0) is 17.5 Å². The molecule has 0 saturated carbocycles. The predicted molar refractivity (Wildman–Crippen MR) is 74.9 cm³/mol. The van der Waals surface area contributed by atoms with E-state index in [1.165, 1.54) is 12.1 Å². The van der Waals surface area contributed by atoms with Gasteiger partial charge < -0.3 is 5.32 Å². The van der Waals surface area contributed by atoms with Crippen molar-refractivity contribution in [2.45, 2.75) is 13.8 Å². The fourth-order valence-corrected chi connectivity index (χ4v) is 1.57. The van der Waals surface area contributed by atoms with Crippen LogP contribution in [0.3, 0.4) is 0 Å². The Kier molecular flexibility index (Phi) is 5.14. The summed E-state index contributed by atoms with van der Waals surface area (Å²) in [5.41, 5.74) is -0.605. The van der Waals surface area contributed by atoms with E-state index in [4.69, 9.17) is 23.2 Å². The van der Waals surface area contributed by atoms with E-state index in [-0.39, 0.29) is 21.7 Å². The van der Waals surface area contributed by atoms with Crippen LogP contribution in [0.5, 0.6) is 0 Å². The van der Waals surface area contributed by atoms with Crippen molar-refractivity contribution in [2.75, 3.05) is 12.4 Å². The van der Waals surface area contributed by atoms with Crippen LogP contribution in [0, 0.1) is 15.5 Å². The Morgan fingerprint density at radius 1 is 1.47 bits per heavy atom. The van der Waals surface area contributed by atoms with Crippen molar-refractivity contribution < 1.29 is 9.72 Å². The molecule has 1 aromatic rings. The molecule has 7 heteroatoms. The van der Waals surface area contributed by atoms with Crippen LogP contribution < -0.4 is 5.32 Å². The van der Waals surface area contributed by atoms with E-state index >= 15 is 0 Å². The molecule has 5 nitrogen and oxygen atoms in total. The maximum absolute atomic E-state index is 11.9. The topological polar surface area (TPSA) is 72.2 Å². The normalized spacial score (nSPS) is 11.2. The minimum Gasteiger partial charge on any atom is -0.351 e. The van der Waals surface area contributed by atoms with E-state index in [9.17, 15) is 14.9 Å². The highest BCUT2D eigenvalue weighted by Gasteiger charge is 2.23. The first-order valence-electron chi connectivity index (χ1n) is 5.55. The van der Waals surface area contributed by atoms with Gasteiger partial charge in [0.15, 0.2) is 0 Å². The van der Waals surface area contributed by atoms with E-state index in [2.05, 4.69) is 5.32 Å². The molecule has 0 aromatic heterocycles. The largest absolute Gasteiger partial charge is 0.351 e. The first-order chi connectivity index (χ1) is 8.76. The average molecular weight is 305 g/mol. The van der Waals surface area contributed by atoms with Crippen molar-refractivity contribution in [3.8, 4) is 0 Å². The molecule has 1 aromatic carbocycles. The molecule has 0 atom stereocenters. The number of alkyl halides is 1. The summed E-state index contributed by atoms with van der Waals surface area (Å²) in [7, 11) is 0. The molecule has 0 radical (unpaired) electrons. The van der Waals surface area contributed by atoms with Crippen LogP contribution in [-0.2, 0) is 0 Å². The van der Waals surface area contributed by atoms with Gasteiger partial charge in [0, 0.05) is 23.5 Å². The van der Waals surface area contributed by atoms with Crippen molar-refractivity contribution >= 4 is 34.8 Å². The molecule has 0 aliphatic heterocycles. The van der Waals surface area contributed by atoms with E-state index in [1.54, 1.807) is 0 Å². The quantitative estimate of drug-likeness (QED) is 0.515. The molecule has 0 bridgehead atoms. The van der Waals surface area contributed by atoms with Gasteiger partial charge in [0.25, 0.3) is 11.6 Å². The number of carbonyl (C=O) groups excluding carboxylic acids is 1. The summed E-state index contributed by atoms with van der Waals surface area (Å²) in [6.07, 6.45) is 0. The van der Waals surface area contributed by atoms with Crippen molar-refractivity contribution in [3.05, 3.63) is 38.9 Å². The summed E-state index contributed by atoms with van der Waals surface area (Å²) in [5.74, 6) is -0.141. The fraction of sp³-hybridized carbons (Fsp3) is 0.417. The Morgan fingerprint density at radius 2 is 2.11 bits per heavy atom. The first-order valence-corrected chi connectivity index (χ1v) is 6.46. The molecule has 1 rings (SSSR count). The number of nitro benzene ring substituents is 1. The molecule has 0 fully saturated rings. The predicted octanol–water partition coefficient (Wildman–Crippen LogP) is 3.24. The second-order valence-electron chi connectivity index (χ2n) is 4.90. The average Bonchev–Trinajstić information content (AvgIpc) is 2.36. The van der Waals surface area contributed by atoms with E-state index < -0.39 is 10.8 Å². The molecular formula is C12H14Cl2N2O3. The zero-order valence-corrected chi connectivity index (χ0v) is 12.1. The number of halogens is 2. The number of amides is 1. The number of hydrogen-bond donors (Lipinski definition) is 1. The fourth-order valence-electron chi connectivity index (χ4n) is 1.31. The maximum atomic E-state index is 11.9. The van der Waals surface area contributed by atoms with Crippen LogP contribution >= 0.6 is 23.2 Å². The molecule has 0 aliphatic carbocycles. The lowest BCUT2D eigenvalue weighted by atomic mass is 9.96. The number of nitrogens with zero attached hydrogens (tertiary/aromatic N) is 1. The third-order valence-electron chi connectivity index (χ3n) is 2.49. The molecule has 0 unspecified atom stereocenters. The SMILES string of the molecule is CC(C)(CCl)CNC(=O)c1ccc(Cl)cc1[N+](=O)[O-]. The Bertz CT molecular complexity index is 504. The lowest BCUT2D eigenvalue weighted by Crippen LogP contribution is -2.35. The minimum atomic E-state index is -0.631. The zero-order chi connectivity index (χ0) is 14.6. The van der Waals surface area contributed by atoms with Gasteiger partial charge in [-0.15, -0.1) is 11.6 Å². The first kappa shape index (κ1) is 15.7. The van der Waals surface area contributed by atoms with Crippen LogP contribution in [0.1, 0.15) is 24.2 Å². The van der Waals surface area contributed by atoms with Gasteiger partial charge >= 0.3 is 0 Å². The molecule has 1 amide bonds. The van der Waals surface area contributed by atoms with Crippen LogP contribution in [-0.4, -0.2) is 23.3 Å². The van der Waals surface area contributed by atoms with E-state index in [1.807, 2.05) is 13.8 Å². The summed E-state index contributed by atoms with van der Waals surface area (Å²) in [4.78, 5) is 22.2. The molecule has 0 saturated heterocycles. The van der Waals surface area contributed by atoms with E-state index in [0.29, 0.717) is 12.4 Å². The molecular weight excluding hydrogens is 291 g/mol. The van der Waals surface area contributed by atoms with Gasteiger partial charge in [0.1, 0.15) is 5.56 Å². The zero-order valence-electron chi connectivity index (χ0n) is 10.6. The third-order valence-corrected chi connectivity index (χ3v) is 3.45. The molecule has 0 aliphatic rings. The van der Waals surface area contributed by atoms with Gasteiger partial charge in [0.05, 0.1) is 4.92 Å². The number of carbonyl (C=O) groups is 1. The van der Waals surface area contributed by atoms with Gasteiger partial charge in [-0.3, -0.25) is 14.9 Å². The van der Waals surface area contributed by atoms with Crippen molar-refractivity contribution in [1.29, 1.82) is 0 Å². The van der Waals surface area contributed by atoms with Crippen molar-refractivity contribution in [1.82, 2.24) is 5.32 Å². The number of rotatable bonds is 5. The third kappa shape index (κ3) is 4.36. The van der Waals surface area contributed by atoms with Crippen LogP contribution in [0.4, 0.5) is 5.69 Å². The van der Waals surface area contributed by atoms with Gasteiger partial charge in [0.2, 0.25) is 0 Å². The monoisotopic (exact) mass is 304 g/mol. The second kappa shape index (κ2) is 6.21. The van der Waals surface area contributed by atoms with Crippen LogP contribution in [0.25, 0.3) is 0 Å². The lowest BCUT2D eigenvalue weighted by molar-refractivity contribution is -0.385. The Balaban J connectivity index is 2.91. The second-order valence-corrected chi connectivity index (χ2v) is 5.60. The summed E-state index contributed by atoms with van der Waals surface area (Å²) < 4.78 is 0. The van der Waals surface area contributed by atoms with Crippen LogP contribution in [0.15, 0.2) is 18.2 Å². The molecule has 104 valence electrons. The molecule has 19 heavy (non-hydrogen) atoms. The Hall–Kier alpha value is -1.33. The molecule has 0 spiro atoms. The standard InChI is InChI=1S/C12H14Cl2N2O3/c1-12(2,6-13)7-15-11(17)9-4-3-8(14)5-10(9)16(18)19/h3-5H,6-7H2,1-2H3,(H,15,17). The summed E-state index contributed by atoms with van der Waals surface area (Å²) in [5, 5.41) is 13.7. The van der Waals surface area contributed by atoms with Gasteiger partial charge in [-0.25, -0.2) is 0 Å².